The van der Waals surface area contributed by atoms with Crippen molar-refractivity contribution in [1.82, 2.24) is 20.3 Å². The van der Waals surface area contributed by atoms with Crippen LogP contribution in [0, 0.1) is 10.8 Å². The molecule has 11 heteroatoms. The quantitative estimate of drug-likeness (QED) is 0.289. The number of piperidine rings is 1. The van der Waals surface area contributed by atoms with Crippen molar-refractivity contribution in [2.45, 2.75) is 51.7 Å². The van der Waals surface area contributed by atoms with Crippen molar-refractivity contribution in [1.29, 1.82) is 0 Å². The Labute approximate surface area is 237 Å². The molecule has 9 nitrogen and oxygen atoms in total. The first-order valence-electron chi connectivity index (χ1n) is 12.8. The number of aromatic nitrogens is 3. The van der Waals surface area contributed by atoms with Crippen LogP contribution in [0.3, 0.4) is 0 Å². The van der Waals surface area contributed by atoms with Gasteiger partial charge < -0.3 is 20.3 Å². The average molecular weight is 575 g/mol. The van der Waals surface area contributed by atoms with Crippen LogP contribution in [0.4, 0.5) is 0 Å². The van der Waals surface area contributed by atoms with Gasteiger partial charge in [-0.25, -0.2) is 4.68 Å². The van der Waals surface area contributed by atoms with Gasteiger partial charge in [-0.2, -0.15) is 0 Å². The maximum atomic E-state index is 13.1. The smallest absolute Gasteiger partial charge is 0.311 e. The summed E-state index contributed by atoms with van der Waals surface area (Å²) in [5.41, 5.74) is -1.05. The van der Waals surface area contributed by atoms with Gasteiger partial charge in [-0.1, -0.05) is 71.7 Å². The second-order valence-electron chi connectivity index (χ2n) is 10.1. The van der Waals surface area contributed by atoms with Crippen LogP contribution < -0.4 is 5.32 Å². The first-order chi connectivity index (χ1) is 18.6. The van der Waals surface area contributed by atoms with Crippen LogP contribution in [0.25, 0.3) is 11.3 Å². The van der Waals surface area contributed by atoms with Crippen molar-refractivity contribution < 1.29 is 24.5 Å². The van der Waals surface area contributed by atoms with Gasteiger partial charge in [-0.15, -0.1) is 5.10 Å². The minimum Gasteiger partial charge on any atom is -0.481 e. The molecule has 39 heavy (non-hydrogen) atoms. The first-order valence-corrected chi connectivity index (χ1v) is 13.5. The third-order valence-corrected chi connectivity index (χ3v) is 8.86. The van der Waals surface area contributed by atoms with Gasteiger partial charge in [-0.05, 0) is 38.0 Å². The topological polar surface area (TPSA) is 127 Å². The number of carboxylic acids is 2. The SMILES string of the molecule is CCC1(C(=O)O)C(COCCn2cc(-c3ccccc3Cl)nn2)NC(C)C(C)(C(=O)O)C1c1ccccc1Cl. The molecule has 0 bridgehead atoms. The number of nitrogens with zero attached hydrogens (tertiary/aromatic N) is 3. The van der Waals surface area contributed by atoms with Gasteiger partial charge >= 0.3 is 11.9 Å². The summed E-state index contributed by atoms with van der Waals surface area (Å²) in [5.74, 6) is -3.11. The van der Waals surface area contributed by atoms with Crippen molar-refractivity contribution >= 4 is 35.1 Å². The van der Waals surface area contributed by atoms with E-state index in [9.17, 15) is 19.8 Å². The van der Waals surface area contributed by atoms with Gasteiger partial charge in [0.05, 0.1) is 41.8 Å². The number of hydrogen-bond donors (Lipinski definition) is 3. The Balaban J connectivity index is 1.57. The van der Waals surface area contributed by atoms with E-state index in [0.29, 0.717) is 27.8 Å². The maximum Gasteiger partial charge on any atom is 0.311 e. The lowest BCUT2D eigenvalue weighted by Crippen LogP contribution is -2.70. The highest BCUT2D eigenvalue weighted by Gasteiger charge is 2.65. The Hall–Kier alpha value is -2.98. The molecule has 1 saturated heterocycles. The molecule has 3 aromatic rings. The normalized spacial score (nSPS) is 26.8. The lowest BCUT2D eigenvalue weighted by Gasteiger charge is -2.56. The molecule has 0 radical (unpaired) electrons. The number of hydrogen-bond acceptors (Lipinski definition) is 6. The lowest BCUT2D eigenvalue weighted by atomic mass is 9.51. The van der Waals surface area contributed by atoms with E-state index in [-0.39, 0.29) is 19.6 Å². The van der Waals surface area contributed by atoms with E-state index in [1.807, 2.05) is 18.2 Å². The summed E-state index contributed by atoms with van der Waals surface area (Å²) in [5, 5.41) is 33.6. The van der Waals surface area contributed by atoms with Crippen LogP contribution in [0.15, 0.2) is 54.7 Å². The molecule has 0 spiro atoms. The summed E-state index contributed by atoms with van der Waals surface area (Å²) in [6.07, 6.45) is 1.93. The fourth-order valence-corrected chi connectivity index (χ4v) is 6.34. The largest absolute Gasteiger partial charge is 0.481 e. The van der Waals surface area contributed by atoms with Gasteiger partial charge in [0.2, 0.25) is 0 Å². The van der Waals surface area contributed by atoms with E-state index in [4.69, 9.17) is 27.9 Å². The summed E-state index contributed by atoms with van der Waals surface area (Å²) in [7, 11) is 0. The van der Waals surface area contributed by atoms with Crippen LogP contribution >= 0.6 is 23.2 Å². The molecular weight excluding hydrogens is 543 g/mol. The summed E-state index contributed by atoms with van der Waals surface area (Å²) in [6.45, 7) is 5.78. The highest BCUT2D eigenvalue weighted by Crippen LogP contribution is 2.58. The molecule has 5 unspecified atom stereocenters. The van der Waals surface area contributed by atoms with E-state index in [0.717, 1.165) is 5.56 Å². The van der Waals surface area contributed by atoms with Crippen molar-refractivity contribution in [2.75, 3.05) is 13.2 Å². The zero-order valence-corrected chi connectivity index (χ0v) is 23.5. The standard InChI is InChI=1S/C28H32Cl2N4O5/c1-4-28(26(37)38)23(16-39-14-13-34-15-22(32-33-34)18-9-5-7-11-20(18)29)31-17(2)27(3,25(35)36)24(28)19-10-6-8-12-21(19)30/h5-12,15,17,23-24,31H,4,13-14,16H2,1-3H3,(H,35,36)(H,37,38). The van der Waals surface area contributed by atoms with Gasteiger partial charge in [0.25, 0.3) is 0 Å². The second kappa shape index (κ2) is 11.6. The molecule has 0 amide bonds. The molecule has 5 atom stereocenters. The number of rotatable bonds is 10. The van der Waals surface area contributed by atoms with E-state index in [2.05, 4.69) is 15.6 Å². The zero-order chi connectivity index (χ0) is 28.4. The Morgan fingerprint density at radius 1 is 1.08 bits per heavy atom. The summed E-state index contributed by atoms with van der Waals surface area (Å²) >= 11 is 12.8. The Kier molecular flexibility index (Phi) is 8.66. The van der Waals surface area contributed by atoms with Crippen LogP contribution in [-0.2, 0) is 20.9 Å². The van der Waals surface area contributed by atoms with E-state index < -0.39 is 40.8 Å². The highest BCUT2D eigenvalue weighted by atomic mass is 35.5. The van der Waals surface area contributed by atoms with Gasteiger partial charge in [-0.3, -0.25) is 9.59 Å². The average Bonchev–Trinajstić information content (AvgIpc) is 3.37. The third-order valence-electron chi connectivity index (χ3n) is 8.19. The lowest BCUT2D eigenvalue weighted by molar-refractivity contribution is -0.174. The molecule has 1 aliphatic rings. The highest BCUT2D eigenvalue weighted by molar-refractivity contribution is 6.33. The molecule has 0 aliphatic carbocycles. The van der Waals surface area contributed by atoms with Crippen LogP contribution in [-0.4, -0.2) is 62.4 Å². The monoisotopic (exact) mass is 574 g/mol. The van der Waals surface area contributed by atoms with E-state index in [1.165, 1.54) is 0 Å². The zero-order valence-electron chi connectivity index (χ0n) is 22.0. The van der Waals surface area contributed by atoms with Crippen LogP contribution in [0.1, 0.15) is 38.7 Å². The van der Waals surface area contributed by atoms with Crippen molar-refractivity contribution in [3.63, 3.8) is 0 Å². The van der Waals surface area contributed by atoms with Gasteiger partial charge in [0.1, 0.15) is 5.69 Å². The molecule has 1 aromatic heterocycles. The van der Waals surface area contributed by atoms with E-state index in [1.54, 1.807) is 62.0 Å². The predicted molar refractivity (Wildman–Crippen MR) is 148 cm³/mol. The molecule has 208 valence electrons. The molecule has 2 aromatic carbocycles. The van der Waals surface area contributed by atoms with Crippen molar-refractivity contribution in [2.24, 2.45) is 10.8 Å². The summed E-state index contributed by atoms with van der Waals surface area (Å²) in [6, 6.07) is 13.0. The number of halogens is 2. The first kappa shape index (κ1) is 29.0. The third kappa shape index (κ3) is 5.16. The predicted octanol–water partition coefficient (Wildman–Crippen LogP) is 4.98. The maximum absolute atomic E-state index is 13.1. The molecular formula is C28H32Cl2N4O5. The fraction of sp³-hybridized carbons (Fsp3) is 0.429. The van der Waals surface area contributed by atoms with Crippen molar-refractivity contribution in [3.8, 4) is 11.3 Å². The van der Waals surface area contributed by atoms with Gasteiger partial charge in [0.15, 0.2) is 0 Å². The van der Waals surface area contributed by atoms with Gasteiger partial charge in [0, 0.05) is 28.6 Å². The van der Waals surface area contributed by atoms with E-state index >= 15 is 0 Å². The minimum absolute atomic E-state index is 0.0488. The minimum atomic E-state index is -1.50. The molecule has 1 aliphatic heterocycles. The molecule has 0 saturated carbocycles. The number of ether oxygens (including phenoxy) is 1. The number of nitrogens with one attached hydrogen (secondary N) is 1. The molecule has 2 heterocycles. The number of carboxylic acid groups (broad SMARTS) is 2. The molecule has 1 fully saturated rings. The second-order valence-corrected chi connectivity index (χ2v) is 10.9. The number of aliphatic carboxylic acids is 2. The van der Waals surface area contributed by atoms with Crippen LogP contribution in [0.5, 0.6) is 0 Å². The summed E-state index contributed by atoms with van der Waals surface area (Å²) in [4.78, 5) is 25.8. The Morgan fingerprint density at radius 3 is 2.36 bits per heavy atom. The molecule has 3 N–H and O–H groups in total. The Morgan fingerprint density at radius 2 is 1.74 bits per heavy atom. The number of benzene rings is 2. The fourth-order valence-electron chi connectivity index (χ4n) is 5.86. The Bertz CT molecular complexity index is 1350. The molecule has 4 rings (SSSR count). The number of carbonyl (C=O) groups is 2. The summed E-state index contributed by atoms with van der Waals surface area (Å²) < 4.78 is 7.63. The van der Waals surface area contributed by atoms with Crippen LogP contribution in [0.2, 0.25) is 10.0 Å². The van der Waals surface area contributed by atoms with Crippen molar-refractivity contribution in [3.05, 3.63) is 70.3 Å².